The van der Waals surface area contributed by atoms with Crippen molar-refractivity contribution in [1.82, 2.24) is 19.9 Å². The Morgan fingerprint density at radius 1 is 1.39 bits per heavy atom. The van der Waals surface area contributed by atoms with Gasteiger partial charge in [0.05, 0.1) is 11.5 Å². The summed E-state index contributed by atoms with van der Waals surface area (Å²) in [6.07, 6.45) is 7.75. The first-order chi connectivity index (χ1) is 13.7. The van der Waals surface area contributed by atoms with Gasteiger partial charge in [-0.1, -0.05) is 6.58 Å². The van der Waals surface area contributed by atoms with Crippen LogP contribution in [0, 0.1) is 0 Å². The van der Waals surface area contributed by atoms with Crippen LogP contribution in [0.4, 0.5) is 5.82 Å². The molecule has 8 heteroatoms. The van der Waals surface area contributed by atoms with E-state index in [1.54, 1.807) is 18.3 Å². The number of nitrogens with zero attached hydrogens (tertiary/aromatic N) is 3. The molecule has 2 aliphatic rings. The number of nitrogens with one attached hydrogen (secondary N) is 2. The van der Waals surface area contributed by atoms with E-state index in [0.717, 1.165) is 49.3 Å². The summed E-state index contributed by atoms with van der Waals surface area (Å²) in [5.41, 5.74) is 2.07. The average Bonchev–Trinajstić information content (AvgIpc) is 3.19. The minimum atomic E-state index is -0.0778. The fraction of sp³-hybridized carbons (Fsp3) is 0.550. The van der Waals surface area contributed by atoms with Gasteiger partial charge in [-0.15, -0.1) is 0 Å². The normalized spacial score (nSPS) is 23.7. The lowest BCUT2D eigenvalue weighted by Crippen LogP contribution is -2.51. The molecule has 4 rings (SSSR count). The number of fused-ring (bicyclic) bond motifs is 1. The van der Waals surface area contributed by atoms with Crippen molar-refractivity contribution in [2.24, 2.45) is 0 Å². The molecule has 1 amide bonds. The summed E-state index contributed by atoms with van der Waals surface area (Å²) in [6.45, 7) is 6.34. The van der Waals surface area contributed by atoms with Crippen molar-refractivity contribution in [3.63, 3.8) is 0 Å². The monoisotopic (exact) mass is 385 g/mol. The van der Waals surface area contributed by atoms with Crippen LogP contribution in [-0.2, 0) is 14.3 Å². The van der Waals surface area contributed by atoms with Crippen molar-refractivity contribution >= 4 is 22.8 Å². The summed E-state index contributed by atoms with van der Waals surface area (Å²) in [5.74, 6) is 1.16. The zero-order valence-corrected chi connectivity index (χ0v) is 16.2. The molecule has 0 aromatic carbocycles. The highest BCUT2D eigenvalue weighted by atomic mass is 16.5. The number of carbonyl (C=O) groups excluding carboxylic acids is 1. The van der Waals surface area contributed by atoms with Crippen molar-refractivity contribution < 1.29 is 14.3 Å². The largest absolute Gasteiger partial charge is 0.381 e. The van der Waals surface area contributed by atoms with Crippen LogP contribution in [0.1, 0.15) is 30.7 Å². The van der Waals surface area contributed by atoms with E-state index >= 15 is 0 Å². The SMILES string of the molecule is C=CC(=O)N1C[C@H](Nc2ncnc3[nH]cc(C4CCOCC4)c23)C[C@H](OC)C1. The number of piperidine rings is 1. The number of ether oxygens (including phenoxy) is 2. The van der Waals surface area contributed by atoms with Gasteiger partial charge in [0, 0.05) is 45.7 Å². The Morgan fingerprint density at radius 2 is 2.21 bits per heavy atom. The second kappa shape index (κ2) is 8.28. The van der Waals surface area contributed by atoms with Crippen LogP contribution in [0.5, 0.6) is 0 Å². The van der Waals surface area contributed by atoms with Crippen molar-refractivity contribution in [3.8, 4) is 0 Å². The number of methoxy groups -OCH3 is 1. The number of H-pyrrole nitrogens is 1. The summed E-state index contributed by atoms with van der Waals surface area (Å²) >= 11 is 0. The van der Waals surface area contributed by atoms with Crippen molar-refractivity contribution in [3.05, 3.63) is 30.7 Å². The van der Waals surface area contributed by atoms with Gasteiger partial charge in [0.15, 0.2) is 0 Å². The zero-order valence-electron chi connectivity index (χ0n) is 16.2. The second-order valence-electron chi connectivity index (χ2n) is 7.46. The first-order valence-corrected chi connectivity index (χ1v) is 9.80. The lowest BCUT2D eigenvalue weighted by Gasteiger charge is -2.37. The number of rotatable bonds is 5. The van der Waals surface area contributed by atoms with Crippen LogP contribution in [0.3, 0.4) is 0 Å². The Balaban J connectivity index is 1.60. The molecular formula is C20H27N5O3. The van der Waals surface area contributed by atoms with Crippen LogP contribution in [0.15, 0.2) is 25.2 Å². The smallest absolute Gasteiger partial charge is 0.246 e. The van der Waals surface area contributed by atoms with Gasteiger partial charge in [-0.3, -0.25) is 4.79 Å². The third kappa shape index (κ3) is 3.74. The quantitative estimate of drug-likeness (QED) is 0.766. The number of likely N-dealkylation sites (tertiary alicyclic amines) is 1. The second-order valence-corrected chi connectivity index (χ2v) is 7.46. The van der Waals surface area contributed by atoms with Gasteiger partial charge in [-0.2, -0.15) is 0 Å². The molecule has 28 heavy (non-hydrogen) atoms. The maximum Gasteiger partial charge on any atom is 0.246 e. The van der Waals surface area contributed by atoms with E-state index in [0.29, 0.717) is 19.0 Å². The first kappa shape index (κ1) is 18.9. The van der Waals surface area contributed by atoms with Crippen molar-refractivity contribution in [2.75, 3.05) is 38.7 Å². The molecule has 8 nitrogen and oxygen atoms in total. The molecule has 2 fully saturated rings. The van der Waals surface area contributed by atoms with Crippen LogP contribution in [-0.4, -0.2) is 71.3 Å². The van der Waals surface area contributed by atoms with Gasteiger partial charge < -0.3 is 24.7 Å². The molecule has 2 aliphatic heterocycles. The Hall–Kier alpha value is -2.45. The van der Waals surface area contributed by atoms with E-state index in [-0.39, 0.29) is 18.1 Å². The molecular weight excluding hydrogens is 358 g/mol. The average molecular weight is 385 g/mol. The lowest BCUT2D eigenvalue weighted by atomic mass is 9.92. The summed E-state index contributed by atoms with van der Waals surface area (Å²) in [4.78, 5) is 26.1. The third-order valence-corrected chi connectivity index (χ3v) is 5.73. The number of hydrogen-bond acceptors (Lipinski definition) is 6. The highest BCUT2D eigenvalue weighted by Crippen LogP contribution is 2.35. The van der Waals surface area contributed by atoms with Gasteiger partial charge >= 0.3 is 0 Å². The van der Waals surface area contributed by atoms with Gasteiger partial charge in [0.25, 0.3) is 0 Å². The van der Waals surface area contributed by atoms with E-state index in [1.807, 2.05) is 6.20 Å². The molecule has 2 saturated heterocycles. The minimum absolute atomic E-state index is 0.0198. The van der Waals surface area contributed by atoms with Crippen LogP contribution in [0.25, 0.3) is 11.0 Å². The predicted octanol–water partition coefficient (Wildman–Crippen LogP) is 2.07. The van der Waals surface area contributed by atoms with E-state index in [2.05, 4.69) is 26.8 Å². The van der Waals surface area contributed by atoms with Crippen LogP contribution >= 0.6 is 0 Å². The lowest BCUT2D eigenvalue weighted by molar-refractivity contribution is -0.129. The summed E-state index contributed by atoms with van der Waals surface area (Å²) < 4.78 is 11.1. The molecule has 150 valence electrons. The number of aromatic nitrogens is 3. The molecule has 0 unspecified atom stereocenters. The predicted molar refractivity (Wildman–Crippen MR) is 106 cm³/mol. The fourth-order valence-corrected chi connectivity index (χ4v) is 4.26. The maximum atomic E-state index is 12.1. The van der Waals surface area contributed by atoms with Gasteiger partial charge in [0.2, 0.25) is 5.91 Å². The van der Waals surface area contributed by atoms with E-state index in [4.69, 9.17) is 9.47 Å². The molecule has 2 N–H and O–H groups in total. The standard InChI is InChI=1S/C20H27N5O3/c1-3-17(26)25-10-14(8-15(11-25)27-2)24-20-18-16(13-4-6-28-7-5-13)9-21-19(18)22-12-23-20/h3,9,12-15H,1,4-8,10-11H2,2H3,(H2,21,22,23,24)/t14-,15+/m1/s1. The number of hydrogen-bond donors (Lipinski definition) is 2. The fourth-order valence-electron chi connectivity index (χ4n) is 4.26. The molecule has 0 bridgehead atoms. The number of aromatic amines is 1. The Kier molecular flexibility index (Phi) is 5.59. The minimum Gasteiger partial charge on any atom is -0.381 e. The Bertz CT molecular complexity index is 845. The zero-order chi connectivity index (χ0) is 19.5. The highest BCUT2D eigenvalue weighted by Gasteiger charge is 2.30. The third-order valence-electron chi connectivity index (χ3n) is 5.73. The summed E-state index contributed by atoms with van der Waals surface area (Å²) in [7, 11) is 1.68. The summed E-state index contributed by atoms with van der Waals surface area (Å²) in [5, 5.41) is 4.59. The topological polar surface area (TPSA) is 92.4 Å². The van der Waals surface area contributed by atoms with Crippen LogP contribution in [0.2, 0.25) is 0 Å². The molecule has 2 aromatic heterocycles. The highest BCUT2D eigenvalue weighted by molar-refractivity contribution is 5.91. The van der Waals surface area contributed by atoms with Gasteiger partial charge in [-0.25, -0.2) is 9.97 Å². The Labute approximate surface area is 164 Å². The molecule has 2 atom stereocenters. The van der Waals surface area contributed by atoms with Gasteiger partial charge in [-0.05, 0) is 36.8 Å². The Morgan fingerprint density at radius 3 is 2.96 bits per heavy atom. The molecule has 4 heterocycles. The van der Waals surface area contributed by atoms with Crippen molar-refractivity contribution in [1.29, 1.82) is 0 Å². The van der Waals surface area contributed by atoms with E-state index in [9.17, 15) is 4.79 Å². The molecule has 0 radical (unpaired) electrons. The molecule has 0 saturated carbocycles. The number of amides is 1. The van der Waals surface area contributed by atoms with Crippen LogP contribution < -0.4 is 5.32 Å². The number of anilines is 1. The van der Waals surface area contributed by atoms with Gasteiger partial charge in [0.1, 0.15) is 17.8 Å². The van der Waals surface area contributed by atoms with E-state index < -0.39 is 0 Å². The molecule has 2 aromatic rings. The summed E-state index contributed by atoms with van der Waals surface area (Å²) in [6, 6.07) is 0.0399. The maximum absolute atomic E-state index is 12.1. The van der Waals surface area contributed by atoms with E-state index in [1.165, 1.54) is 11.6 Å². The van der Waals surface area contributed by atoms with Crippen molar-refractivity contribution in [2.45, 2.75) is 37.3 Å². The molecule has 0 aliphatic carbocycles. The first-order valence-electron chi connectivity index (χ1n) is 9.80. The number of carbonyl (C=O) groups is 1. The molecule has 0 spiro atoms.